The molecule has 4 rings (SSSR count). The lowest BCUT2D eigenvalue weighted by Crippen LogP contribution is -2.34. The van der Waals surface area contributed by atoms with Gasteiger partial charge in [0.1, 0.15) is 0 Å². The largest absolute Gasteiger partial charge is 0.453 e. The second-order valence-electron chi connectivity index (χ2n) is 12.5. The van der Waals surface area contributed by atoms with E-state index in [2.05, 4.69) is 27.7 Å². The fourth-order valence-corrected chi connectivity index (χ4v) is 7.18. The van der Waals surface area contributed by atoms with Gasteiger partial charge < -0.3 is 9.47 Å². The van der Waals surface area contributed by atoms with Crippen LogP contribution in [0.3, 0.4) is 0 Å². The van der Waals surface area contributed by atoms with Crippen molar-refractivity contribution < 1.29 is 19.1 Å². The third kappa shape index (κ3) is 6.98. The minimum absolute atomic E-state index is 0.112. The van der Waals surface area contributed by atoms with E-state index in [1.165, 1.54) is 0 Å². The van der Waals surface area contributed by atoms with Crippen molar-refractivity contribution in [2.75, 3.05) is 0 Å². The third-order valence-corrected chi connectivity index (χ3v) is 10.8. The first-order chi connectivity index (χ1) is 19.4. The van der Waals surface area contributed by atoms with Gasteiger partial charge >= 0.3 is 11.9 Å². The van der Waals surface area contributed by atoms with Crippen LogP contribution < -0.4 is 0 Å². The molecular weight excluding hydrogens is 496 g/mol. The number of hydrogen-bond acceptors (Lipinski definition) is 4. The van der Waals surface area contributed by atoms with Gasteiger partial charge in [0.15, 0.2) is 12.2 Å². The second-order valence-corrected chi connectivity index (χ2v) is 12.5. The van der Waals surface area contributed by atoms with E-state index in [1.54, 1.807) is 0 Å². The van der Waals surface area contributed by atoms with Crippen molar-refractivity contribution in [3.05, 3.63) is 71.8 Å². The Morgan fingerprint density at radius 3 is 1.18 bits per heavy atom. The first-order valence-electron chi connectivity index (χ1n) is 15.9. The van der Waals surface area contributed by atoms with Crippen LogP contribution in [0.5, 0.6) is 0 Å². The van der Waals surface area contributed by atoms with Gasteiger partial charge in [0, 0.05) is 0 Å². The van der Waals surface area contributed by atoms with Crippen LogP contribution in [0, 0.1) is 22.7 Å². The maximum absolute atomic E-state index is 13.7. The van der Waals surface area contributed by atoms with Crippen molar-refractivity contribution >= 4 is 11.9 Å². The van der Waals surface area contributed by atoms with Crippen molar-refractivity contribution in [3.8, 4) is 0 Å². The quantitative estimate of drug-likeness (QED) is 0.263. The number of ether oxygens (including phenoxy) is 2. The Hall–Kier alpha value is -2.62. The maximum atomic E-state index is 13.7. The fraction of sp³-hybridized carbons (Fsp3) is 0.611. The van der Waals surface area contributed by atoms with Crippen LogP contribution in [0.2, 0.25) is 0 Å². The van der Waals surface area contributed by atoms with Gasteiger partial charge in [0.25, 0.3) is 0 Å². The summed E-state index contributed by atoms with van der Waals surface area (Å²) in [7, 11) is 0. The molecule has 0 unspecified atom stereocenters. The van der Waals surface area contributed by atoms with Crippen LogP contribution in [0.15, 0.2) is 60.7 Å². The van der Waals surface area contributed by atoms with Crippen molar-refractivity contribution in [1.82, 2.24) is 0 Å². The van der Waals surface area contributed by atoms with Crippen LogP contribution in [0.1, 0.15) is 128 Å². The Labute approximate surface area is 242 Å². The maximum Gasteiger partial charge on any atom is 0.309 e. The molecule has 0 aromatic heterocycles. The van der Waals surface area contributed by atoms with E-state index in [1.807, 2.05) is 60.7 Å². The van der Waals surface area contributed by atoms with E-state index in [0.29, 0.717) is 10.8 Å². The van der Waals surface area contributed by atoms with E-state index in [9.17, 15) is 9.59 Å². The van der Waals surface area contributed by atoms with Crippen LogP contribution in [-0.4, -0.2) is 11.9 Å². The van der Waals surface area contributed by atoms with Crippen LogP contribution in [0.4, 0.5) is 0 Å². The van der Waals surface area contributed by atoms with Gasteiger partial charge in [-0.25, -0.2) is 0 Å². The van der Waals surface area contributed by atoms with Gasteiger partial charge in [-0.05, 0) is 73.3 Å². The van der Waals surface area contributed by atoms with Crippen molar-refractivity contribution in [3.63, 3.8) is 0 Å². The molecule has 0 N–H and O–H groups in total. The highest BCUT2D eigenvalue weighted by molar-refractivity contribution is 5.74. The molecular formula is C36H50O4. The fourth-order valence-electron chi connectivity index (χ4n) is 7.18. The molecule has 2 aromatic rings. The highest BCUT2D eigenvalue weighted by Crippen LogP contribution is 2.47. The van der Waals surface area contributed by atoms with Crippen molar-refractivity contribution in [2.45, 2.75) is 117 Å². The average molecular weight is 547 g/mol. The summed E-state index contributed by atoms with van der Waals surface area (Å²) in [5.74, 6) is -0.557. The molecule has 218 valence electrons. The molecule has 0 saturated heterocycles. The van der Waals surface area contributed by atoms with E-state index < -0.39 is 12.2 Å². The lowest BCUT2D eigenvalue weighted by Gasteiger charge is -2.39. The van der Waals surface area contributed by atoms with Gasteiger partial charge in [0.2, 0.25) is 0 Å². The first kappa shape index (κ1) is 30.3. The minimum Gasteiger partial charge on any atom is -0.453 e. The Morgan fingerprint density at radius 2 is 0.900 bits per heavy atom. The SMILES string of the molecule is CCC1(CC)CCC(C(=O)O[C@H](c2ccccc2)[C@H](OC(=O)C2CCC(CC)(CC)CC2)c2ccccc2)CC1. The molecule has 0 amide bonds. The molecule has 2 fully saturated rings. The third-order valence-electron chi connectivity index (χ3n) is 10.8. The molecule has 40 heavy (non-hydrogen) atoms. The molecule has 4 nitrogen and oxygen atoms in total. The molecule has 2 aliphatic carbocycles. The normalized spacial score (nSPS) is 20.8. The van der Waals surface area contributed by atoms with Gasteiger partial charge in [-0.2, -0.15) is 0 Å². The molecule has 0 radical (unpaired) electrons. The smallest absolute Gasteiger partial charge is 0.309 e. The summed E-state index contributed by atoms with van der Waals surface area (Å²) >= 11 is 0. The number of benzene rings is 2. The van der Waals surface area contributed by atoms with Gasteiger partial charge in [-0.3, -0.25) is 9.59 Å². The highest BCUT2D eigenvalue weighted by Gasteiger charge is 2.40. The van der Waals surface area contributed by atoms with Crippen LogP contribution >= 0.6 is 0 Å². The number of rotatable bonds is 11. The molecule has 0 bridgehead atoms. The van der Waals surface area contributed by atoms with Gasteiger partial charge in [-0.15, -0.1) is 0 Å². The number of carbonyl (C=O) groups excluding carboxylic acids is 2. The predicted octanol–water partition coefficient (Wildman–Crippen LogP) is 9.55. The number of hydrogen-bond donors (Lipinski definition) is 0. The lowest BCUT2D eigenvalue weighted by atomic mass is 9.67. The molecule has 2 aliphatic rings. The standard InChI is InChI=1S/C36H50O4/c1-5-35(6-2)23-19-29(20-24-35)33(37)39-31(27-15-11-9-12-16-27)32(28-17-13-10-14-18-28)40-34(38)30-21-25-36(7-3,8-4)26-22-30/h9-18,29-32H,5-8,19-26H2,1-4H3/t31-,32-/m1/s1. The first-order valence-corrected chi connectivity index (χ1v) is 15.9. The summed E-state index contributed by atoms with van der Waals surface area (Å²) < 4.78 is 12.7. The molecule has 2 aromatic carbocycles. The zero-order chi connectivity index (χ0) is 28.6. The van der Waals surface area contributed by atoms with Crippen molar-refractivity contribution in [2.24, 2.45) is 22.7 Å². The Bertz CT molecular complexity index is 963. The Balaban J connectivity index is 1.56. The van der Waals surface area contributed by atoms with Crippen LogP contribution in [0.25, 0.3) is 0 Å². The topological polar surface area (TPSA) is 52.6 Å². The van der Waals surface area contributed by atoms with E-state index in [-0.39, 0.29) is 23.8 Å². The van der Waals surface area contributed by atoms with E-state index in [4.69, 9.17) is 9.47 Å². The summed E-state index contributed by atoms with van der Waals surface area (Å²) in [6.07, 6.45) is 10.9. The molecule has 0 aliphatic heterocycles. The van der Waals surface area contributed by atoms with Gasteiger partial charge in [0.05, 0.1) is 11.8 Å². The summed E-state index contributed by atoms with van der Waals surface area (Å²) in [4.78, 5) is 27.3. The highest BCUT2D eigenvalue weighted by atomic mass is 16.6. The minimum atomic E-state index is -0.696. The zero-order valence-electron chi connectivity index (χ0n) is 25.2. The summed E-state index contributed by atoms with van der Waals surface area (Å²) in [5, 5.41) is 0. The molecule has 2 saturated carbocycles. The Morgan fingerprint density at radius 1 is 0.600 bits per heavy atom. The molecule has 0 spiro atoms. The molecule has 4 heteroatoms. The number of carbonyl (C=O) groups is 2. The summed E-state index contributed by atoms with van der Waals surface area (Å²) in [6, 6.07) is 19.6. The number of esters is 2. The Kier molecular flexibility index (Phi) is 10.5. The van der Waals surface area contributed by atoms with Crippen LogP contribution in [-0.2, 0) is 19.1 Å². The van der Waals surface area contributed by atoms with Gasteiger partial charge in [-0.1, -0.05) is 114 Å². The zero-order valence-corrected chi connectivity index (χ0v) is 25.2. The van der Waals surface area contributed by atoms with E-state index in [0.717, 1.165) is 88.2 Å². The van der Waals surface area contributed by atoms with Crippen molar-refractivity contribution in [1.29, 1.82) is 0 Å². The molecule has 2 atom stereocenters. The lowest BCUT2D eigenvalue weighted by molar-refractivity contribution is -0.177. The average Bonchev–Trinajstić information content (AvgIpc) is 3.03. The summed E-state index contributed by atoms with van der Waals surface area (Å²) in [6.45, 7) is 9.07. The second kappa shape index (κ2) is 13.8. The molecule has 0 heterocycles. The predicted molar refractivity (Wildman–Crippen MR) is 160 cm³/mol. The summed E-state index contributed by atoms with van der Waals surface area (Å²) in [5.41, 5.74) is 2.41. The monoisotopic (exact) mass is 546 g/mol. The van der Waals surface area contributed by atoms with E-state index >= 15 is 0 Å².